The van der Waals surface area contributed by atoms with Crippen LogP contribution in [0.4, 0.5) is 5.82 Å². The number of carbonyl (C=O) groups is 1. The summed E-state index contributed by atoms with van der Waals surface area (Å²) in [6, 6.07) is 12.3. The quantitative estimate of drug-likeness (QED) is 0.739. The average Bonchev–Trinajstić information content (AvgIpc) is 3.34. The lowest BCUT2D eigenvalue weighted by atomic mass is 10.1. The number of hydrogen-bond acceptors (Lipinski definition) is 4. The van der Waals surface area contributed by atoms with Gasteiger partial charge < -0.3 is 10.2 Å². The van der Waals surface area contributed by atoms with E-state index in [1.54, 1.807) is 11.3 Å². The van der Waals surface area contributed by atoms with Gasteiger partial charge in [-0.3, -0.25) is 9.89 Å². The van der Waals surface area contributed by atoms with Gasteiger partial charge in [0.25, 0.3) is 5.91 Å². The number of aromatic amines is 1. The second kappa shape index (κ2) is 6.96. The molecule has 1 aliphatic rings. The van der Waals surface area contributed by atoms with Crippen LogP contribution in [-0.4, -0.2) is 35.2 Å². The molecule has 5 nitrogen and oxygen atoms in total. The van der Waals surface area contributed by atoms with E-state index in [4.69, 9.17) is 0 Å². The Labute approximate surface area is 157 Å². The Hall–Kier alpha value is -2.60. The van der Waals surface area contributed by atoms with E-state index >= 15 is 0 Å². The molecule has 134 valence electrons. The first kappa shape index (κ1) is 16.8. The number of H-pyrrole nitrogens is 1. The molecular formula is C20H22N4OS. The molecule has 4 rings (SSSR count). The fourth-order valence-corrected chi connectivity index (χ4v) is 4.18. The summed E-state index contributed by atoms with van der Waals surface area (Å²) in [5.74, 6) is 0.946. The average molecular weight is 366 g/mol. The van der Waals surface area contributed by atoms with E-state index in [0.717, 1.165) is 47.7 Å². The number of benzene rings is 1. The first-order chi connectivity index (χ1) is 12.6. The predicted octanol–water partition coefficient (Wildman–Crippen LogP) is 3.76. The van der Waals surface area contributed by atoms with Crippen molar-refractivity contribution in [2.24, 2.45) is 0 Å². The maximum absolute atomic E-state index is 12.6. The third kappa shape index (κ3) is 3.51. The van der Waals surface area contributed by atoms with E-state index in [0.29, 0.717) is 0 Å². The predicted molar refractivity (Wildman–Crippen MR) is 106 cm³/mol. The van der Waals surface area contributed by atoms with E-state index in [1.807, 2.05) is 32.0 Å². The van der Waals surface area contributed by atoms with Crippen molar-refractivity contribution in [1.29, 1.82) is 0 Å². The number of aromatic nitrogens is 2. The molecule has 3 heterocycles. The number of carbonyl (C=O) groups excluding carboxylic acids is 1. The summed E-state index contributed by atoms with van der Waals surface area (Å²) >= 11 is 1.69. The van der Waals surface area contributed by atoms with Gasteiger partial charge in [0.1, 0.15) is 0 Å². The first-order valence-corrected chi connectivity index (χ1v) is 9.70. The number of hydrogen-bond donors (Lipinski definition) is 2. The number of aryl methyl sites for hydroxylation is 2. The highest BCUT2D eigenvalue weighted by Gasteiger charge is 2.26. The molecule has 6 heteroatoms. The monoisotopic (exact) mass is 366 g/mol. The maximum atomic E-state index is 12.6. The molecule has 1 fully saturated rings. The first-order valence-electron chi connectivity index (χ1n) is 8.82. The Kier molecular flexibility index (Phi) is 4.51. The molecule has 1 atom stereocenters. The van der Waals surface area contributed by atoms with Crippen molar-refractivity contribution in [2.75, 3.05) is 18.0 Å². The van der Waals surface area contributed by atoms with Crippen LogP contribution in [0, 0.1) is 13.8 Å². The normalized spacial score (nSPS) is 16.8. The van der Waals surface area contributed by atoms with Gasteiger partial charge in [-0.2, -0.15) is 5.10 Å². The van der Waals surface area contributed by atoms with Crippen LogP contribution in [0.1, 0.15) is 27.9 Å². The van der Waals surface area contributed by atoms with Gasteiger partial charge in [-0.25, -0.2) is 0 Å². The molecular weight excluding hydrogens is 344 g/mol. The lowest BCUT2D eigenvalue weighted by molar-refractivity contribution is 0.0940. The molecule has 0 spiro atoms. The zero-order valence-corrected chi connectivity index (χ0v) is 15.8. The second-order valence-electron chi connectivity index (χ2n) is 6.90. The van der Waals surface area contributed by atoms with Gasteiger partial charge in [0.2, 0.25) is 0 Å². The summed E-state index contributed by atoms with van der Waals surface area (Å²) in [7, 11) is 0. The summed E-state index contributed by atoms with van der Waals surface area (Å²) in [5.41, 5.74) is 4.00. The molecule has 0 radical (unpaired) electrons. The molecule has 0 bridgehead atoms. The number of nitrogens with zero attached hydrogens (tertiary/aromatic N) is 2. The van der Waals surface area contributed by atoms with Crippen LogP contribution in [0.5, 0.6) is 0 Å². The van der Waals surface area contributed by atoms with E-state index in [2.05, 4.69) is 44.0 Å². The lowest BCUT2D eigenvalue weighted by Gasteiger charge is -2.16. The molecule has 0 aliphatic carbocycles. The number of amides is 1. The van der Waals surface area contributed by atoms with Crippen LogP contribution < -0.4 is 10.2 Å². The highest BCUT2D eigenvalue weighted by Crippen LogP contribution is 2.27. The van der Waals surface area contributed by atoms with Crippen LogP contribution in [0.3, 0.4) is 0 Å². The minimum Gasteiger partial charge on any atom is -0.353 e. The van der Waals surface area contributed by atoms with Gasteiger partial charge in [0.15, 0.2) is 5.82 Å². The highest BCUT2D eigenvalue weighted by molar-refractivity contribution is 7.13. The Morgan fingerprint density at radius 1 is 1.27 bits per heavy atom. The molecule has 1 unspecified atom stereocenters. The summed E-state index contributed by atoms with van der Waals surface area (Å²) < 4.78 is 0. The van der Waals surface area contributed by atoms with Crippen LogP contribution in [0.2, 0.25) is 0 Å². The molecule has 2 aromatic heterocycles. The third-order valence-electron chi connectivity index (χ3n) is 4.68. The van der Waals surface area contributed by atoms with Gasteiger partial charge in [-0.15, -0.1) is 11.3 Å². The van der Waals surface area contributed by atoms with E-state index in [9.17, 15) is 4.79 Å². The number of rotatable bonds is 4. The van der Waals surface area contributed by atoms with Crippen molar-refractivity contribution in [3.05, 3.63) is 58.5 Å². The summed E-state index contributed by atoms with van der Waals surface area (Å²) in [4.78, 5) is 16.0. The van der Waals surface area contributed by atoms with Gasteiger partial charge in [-0.05, 0) is 43.8 Å². The van der Waals surface area contributed by atoms with Crippen molar-refractivity contribution < 1.29 is 4.79 Å². The number of thiophene rings is 1. The summed E-state index contributed by atoms with van der Waals surface area (Å²) in [6.45, 7) is 5.71. The third-order valence-corrected chi connectivity index (χ3v) is 5.59. The van der Waals surface area contributed by atoms with Crippen molar-refractivity contribution >= 4 is 23.1 Å². The Balaban J connectivity index is 1.40. The Bertz CT molecular complexity index is 896. The molecule has 3 aromatic rings. The smallest absolute Gasteiger partial charge is 0.251 e. The van der Waals surface area contributed by atoms with Gasteiger partial charge >= 0.3 is 0 Å². The minimum absolute atomic E-state index is 0.00459. The van der Waals surface area contributed by atoms with Crippen molar-refractivity contribution in [3.63, 3.8) is 0 Å². The highest BCUT2D eigenvalue weighted by atomic mass is 32.1. The molecule has 1 aliphatic heterocycles. The van der Waals surface area contributed by atoms with Crippen molar-refractivity contribution in [1.82, 2.24) is 15.5 Å². The largest absolute Gasteiger partial charge is 0.353 e. The van der Waals surface area contributed by atoms with Crippen LogP contribution in [-0.2, 0) is 0 Å². The Morgan fingerprint density at radius 2 is 2.08 bits per heavy atom. The minimum atomic E-state index is 0.00459. The fraction of sp³-hybridized carbons (Fsp3) is 0.300. The van der Waals surface area contributed by atoms with Gasteiger partial charge in [0.05, 0.1) is 10.6 Å². The van der Waals surface area contributed by atoms with E-state index < -0.39 is 0 Å². The zero-order valence-electron chi connectivity index (χ0n) is 15.0. The maximum Gasteiger partial charge on any atom is 0.251 e. The van der Waals surface area contributed by atoms with Gasteiger partial charge in [-0.1, -0.05) is 23.3 Å². The summed E-state index contributed by atoms with van der Waals surface area (Å²) in [5, 5.41) is 12.8. The van der Waals surface area contributed by atoms with E-state index in [-0.39, 0.29) is 11.9 Å². The van der Waals surface area contributed by atoms with Crippen LogP contribution >= 0.6 is 11.3 Å². The zero-order chi connectivity index (χ0) is 18.1. The number of anilines is 1. The lowest BCUT2D eigenvalue weighted by Crippen LogP contribution is -2.37. The van der Waals surface area contributed by atoms with Crippen LogP contribution in [0.25, 0.3) is 10.6 Å². The molecule has 1 amide bonds. The van der Waals surface area contributed by atoms with Crippen molar-refractivity contribution in [2.45, 2.75) is 26.3 Å². The fourth-order valence-electron chi connectivity index (χ4n) is 3.49. The van der Waals surface area contributed by atoms with Crippen LogP contribution in [0.15, 0.2) is 41.8 Å². The van der Waals surface area contributed by atoms with E-state index in [1.165, 1.54) is 4.88 Å². The molecule has 0 saturated carbocycles. The van der Waals surface area contributed by atoms with Gasteiger partial charge in [0, 0.05) is 30.8 Å². The SMILES string of the molecule is Cc1cc(C)cc(C(=O)NC2CCN(c3cc(-c4cccs4)[nH]n3)C2)c1. The molecule has 1 saturated heterocycles. The van der Waals surface area contributed by atoms with Crippen molar-refractivity contribution in [3.8, 4) is 10.6 Å². The topological polar surface area (TPSA) is 61.0 Å². The Morgan fingerprint density at radius 3 is 2.81 bits per heavy atom. The molecule has 2 N–H and O–H groups in total. The molecule has 26 heavy (non-hydrogen) atoms. The molecule has 1 aromatic carbocycles. The number of nitrogens with one attached hydrogen (secondary N) is 2. The standard InChI is InChI=1S/C20H22N4OS/c1-13-8-14(2)10-15(9-13)20(25)21-16-5-6-24(12-16)19-11-17(22-23-19)18-4-3-7-26-18/h3-4,7-11,16H,5-6,12H2,1-2H3,(H,21,25)(H,22,23). The second-order valence-corrected chi connectivity index (χ2v) is 7.85. The summed E-state index contributed by atoms with van der Waals surface area (Å²) in [6.07, 6.45) is 0.928.